The third-order valence-corrected chi connectivity index (χ3v) is 4.51. The minimum atomic E-state index is -0.375. The molecule has 0 bridgehead atoms. The van der Waals surface area contributed by atoms with E-state index in [1.54, 1.807) is 0 Å². The molecule has 1 aromatic rings. The van der Waals surface area contributed by atoms with Crippen molar-refractivity contribution in [3.05, 3.63) is 28.7 Å². The number of hydrogen-bond donors (Lipinski definition) is 1. The average Bonchev–Trinajstić information content (AvgIpc) is 2.38. The van der Waals surface area contributed by atoms with Gasteiger partial charge in [-0.15, -0.1) is 11.8 Å². The van der Waals surface area contributed by atoms with Gasteiger partial charge in [-0.3, -0.25) is 0 Å². The van der Waals surface area contributed by atoms with Gasteiger partial charge >= 0.3 is 0 Å². The van der Waals surface area contributed by atoms with Crippen molar-refractivity contribution in [3.63, 3.8) is 0 Å². The van der Waals surface area contributed by atoms with Crippen LogP contribution >= 0.6 is 27.7 Å². The molecule has 0 spiro atoms. The average molecular weight is 327 g/mol. The molecule has 1 atom stereocenters. The fourth-order valence-corrected chi connectivity index (χ4v) is 3.08. The van der Waals surface area contributed by atoms with E-state index in [0.717, 1.165) is 29.5 Å². The molecule has 0 saturated heterocycles. The van der Waals surface area contributed by atoms with Crippen LogP contribution in [0.15, 0.2) is 33.6 Å². The molecule has 0 aliphatic rings. The number of nitriles is 1. The van der Waals surface area contributed by atoms with Gasteiger partial charge < -0.3 is 5.32 Å². The Bertz CT molecular complexity index is 417. The summed E-state index contributed by atoms with van der Waals surface area (Å²) in [5.41, 5.74) is -0.375. The number of unbranched alkanes of at least 4 members (excludes halogenated alkanes) is 1. The van der Waals surface area contributed by atoms with E-state index in [1.807, 2.05) is 31.8 Å². The van der Waals surface area contributed by atoms with Crippen LogP contribution in [0.3, 0.4) is 0 Å². The molecular weight excluding hydrogens is 308 g/mol. The molecule has 0 heterocycles. The summed E-state index contributed by atoms with van der Waals surface area (Å²) in [5, 5.41) is 12.1. The molecule has 1 N–H and O–H groups in total. The van der Waals surface area contributed by atoms with Crippen molar-refractivity contribution in [2.45, 2.75) is 36.6 Å². The van der Waals surface area contributed by atoms with Crippen LogP contribution in [0.1, 0.15) is 26.2 Å². The van der Waals surface area contributed by atoms with E-state index >= 15 is 0 Å². The van der Waals surface area contributed by atoms with E-state index < -0.39 is 0 Å². The highest BCUT2D eigenvalue weighted by atomic mass is 79.9. The molecule has 4 heteroatoms. The summed E-state index contributed by atoms with van der Waals surface area (Å²) in [6, 6.07) is 10.7. The number of nitrogens with zero attached hydrogens (tertiary/aromatic N) is 1. The van der Waals surface area contributed by atoms with Gasteiger partial charge in [0.1, 0.15) is 5.54 Å². The Morgan fingerprint density at radius 2 is 2.22 bits per heavy atom. The zero-order valence-electron chi connectivity index (χ0n) is 10.9. The van der Waals surface area contributed by atoms with Crippen molar-refractivity contribution in [1.82, 2.24) is 5.32 Å². The Morgan fingerprint density at radius 1 is 1.44 bits per heavy atom. The number of rotatable bonds is 7. The number of nitrogens with one attached hydrogen (secondary N) is 1. The summed E-state index contributed by atoms with van der Waals surface area (Å²) < 4.78 is 1.12. The van der Waals surface area contributed by atoms with Crippen molar-refractivity contribution in [1.29, 1.82) is 5.26 Å². The van der Waals surface area contributed by atoms with Gasteiger partial charge in [0.05, 0.1) is 6.07 Å². The predicted octanol–water partition coefficient (Wildman–Crippen LogP) is 4.21. The molecule has 1 aromatic carbocycles. The second-order valence-electron chi connectivity index (χ2n) is 4.46. The highest BCUT2D eigenvalue weighted by molar-refractivity contribution is 9.10. The predicted molar refractivity (Wildman–Crippen MR) is 81.8 cm³/mol. The minimum absolute atomic E-state index is 0.375. The lowest BCUT2D eigenvalue weighted by atomic mass is 9.97. The lowest BCUT2D eigenvalue weighted by Gasteiger charge is -2.20. The minimum Gasteiger partial charge on any atom is -0.303 e. The molecule has 0 aromatic heterocycles. The second-order valence-corrected chi connectivity index (χ2v) is 6.54. The van der Waals surface area contributed by atoms with Gasteiger partial charge in [0.25, 0.3) is 0 Å². The van der Waals surface area contributed by atoms with E-state index in [2.05, 4.69) is 45.5 Å². The zero-order valence-corrected chi connectivity index (χ0v) is 13.3. The molecule has 0 aliphatic carbocycles. The first kappa shape index (κ1) is 15.6. The first-order chi connectivity index (χ1) is 8.59. The Morgan fingerprint density at radius 3 is 2.83 bits per heavy atom. The smallest absolute Gasteiger partial charge is 0.103 e. The van der Waals surface area contributed by atoms with Crippen LogP contribution < -0.4 is 5.32 Å². The standard InChI is InChI=1S/C14H19BrN2S/c1-14(11-16,17-2)8-3-4-9-18-13-7-5-6-12(15)10-13/h5-7,10,17H,3-4,8-9H2,1-2H3. The lowest BCUT2D eigenvalue weighted by molar-refractivity contribution is 0.439. The van der Waals surface area contributed by atoms with Crippen molar-refractivity contribution in [2.24, 2.45) is 0 Å². The largest absolute Gasteiger partial charge is 0.303 e. The Balaban J connectivity index is 2.22. The van der Waals surface area contributed by atoms with Crippen molar-refractivity contribution >= 4 is 27.7 Å². The van der Waals surface area contributed by atoms with Crippen LogP contribution in [0.2, 0.25) is 0 Å². The molecule has 98 valence electrons. The molecule has 0 amide bonds. The Hall–Kier alpha value is -0.500. The maximum atomic E-state index is 9.03. The van der Waals surface area contributed by atoms with E-state index in [1.165, 1.54) is 4.90 Å². The SMILES string of the molecule is CNC(C)(C#N)CCCCSc1cccc(Br)c1. The summed E-state index contributed by atoms with van der Waals surface area (Å²) in [5.74, 6) is 1.10. The van der Waals surface area contributed by atoms with Gasteiger partial charge in [0, 0.05) is 9.37 Å². The Labute approximate surface area is 122 Å². The number of hydrogen-bond acceptors (Lipinski definition) is 3. The third kappa shape index (κ3) is 5.43. The molecule has 2 nitrogen and oxygen atoms in total. The maximum Gasteiger partial charge on any atom is 0.103 e. The number of halogens is 1. The summed E-state index contributed by atoms with van der Waals surface area (Å²) in [7, 11) is 1.85. The normalized spacial score (nSPS) is 13.9. The molecule has 1 unspecified atom stereocenters. The van der Waals surface area contributed by atoms with E-state index in [-0.39, 0.29) is 5.54 Å². The second kappa shape index (κ2) is 7.83. The zero-order chi connectivity index (χ0) is 13.4. The van der Waals surface area contributed by atoms with E-state index in [0.29, 0.717) is 0 Å². The first-order valence-corrected chi connectivity index (χ1v) is 7.86. The van der Waals surface area contributed by atoms with Gasteiger partial charge in [-0.25, -0.2) is 0 Å². The van der Waals surface area contributed by atoms with Crippen LogP contribution in [0.4, 0.5) is 0 Å². The lowest BCUT2D eigenvalue weighted by Crippen LogP contribution is -2.37. The molecule has 0 saturated carbocycles. The van der Waals surface area contributed by atoms with Gasteiger partial charge in [-0.2, -0.15) is 5.26 Å². The Kier molecular flexibility index (Phi) is 6.77. The quantitative estimate of drug-likeness (QED) is 0.602. The van der Waals surface area contributed by atoms with Gasteiger partial charge in [0.15, 0.2) is 0 Å². The fourth-order valence-electron chi connectivity index (χ4n) is 1.56. The highest BCUT2D eigenvalue weighted by Gasteiger charge is 2.19. The van der Waals surface area contributed by atoms with Crippen LogP contribution in [-0.2, 0) is 0 Å². The summed E-state index contributed by atoms with van der Waals surface area (Å²) in [4.78, 5) is 1.29. The van der Waals surface area contributed by atoms with Crippen LogP contribution in [-0.4, -0.2) is 18.3 Å². The molecule has 0 radical (unpaired) electrons. The molecule has 1 rings (SSSR count). The highest BCUT2D eigenvalue weighted by Crippen LogP contribution is 2.23. The van der Waals surface area contributed by atoms with Crippen molar-refractivity contribution in [2.75, 3.05) is 12.8 Å². The van der Waals surface area contributed by atoms with Crippen molar-refractivity contribution in [3.8, 4) is 6.07 Å². The van der Waals surface area contributed by atoms with E-state index in [9.17, 15) is 0 Å². The monoisotopic (exact) mass is 326 g/mol. The summed E-state index contributed by atoms with van der Waals surface area (Å²) in [6.45, 7) is 1.95. The fraction of sp³-hybridized carbons (Fsp3) is 0.500. The number of benzene rings is 1. The summed E-state index contributed by atoms with van der Waals surface area (Å²) in [6.07, 6.45) is 3.11. The van der Waals surface area contributed by atoms with Crippen LogP contribution in [0, 0.1) is 11.3 Å². The molecular formula is C14H19BrN2S. The summed E-state index contributed by atoms with van der Waals surface area (Å²) >= 11 is 5.34. The van der Waals surface area contributed by atoms with Gasteiger partial charge in [0.2, 0.25) is 0 Å². The maximum absolute atomic E-state index is 9.03. The molecule has 0 fully saturated rings. The topological polar surface area (TPSA) is 35.8 Å². The molecule has 0 aliphatic heterocycles. The van der Waals surface area contributed by atoms with Gasteiger partial charge in [-0.05, 0) is 57.2 Å². The van der Waals surface area contributed by atoms with Gasteiger partial charge in [-0.1, -0.05) is 22.0 Å². The first-order valence-electron chi connectivity index (χ1n) is 6.08. The third-order valence-electron chi connectivity index (χ3n) is 2.93. The molecule has 18 heavy (non-hydrogen) atoms. The number of thioether (sulfide) groups is 1. The van der Waals surface area contributed by atoms with Crippen molar-refractivity contribution < 1.29 is 0 Å². The van der Waals surface area contributed by atoms with E-state index in [4.69, 9.17) is 5.26 Å². The van der Waals surface area contributed by atoms with Crippen LogP contribution in [0.25, 0.3) is 0 Å². The van der Waals surface area contributed by atoms with Crippen LogP contribution in [0.5, 0.6) is 0 Å².